The van der Waals surface area contributed by atoms with Crippen LogP contribution >= 0.6 is 22.2 Å². The number of anilines is 1. The van der Waals surface area contributed by atoms with Gasteiger partial charge in [-0.3, -0.25) is 39.1 Å². The maximum Gasteiger partial charge on any atom is 0.257 e. The monoisotopic (exact) mass is 1100 g/mol. The van der Waals surface area contributed by atoms with E-state index in [2.05, 4.69) is 53.7 Å². The highest BCUT2D eigenvalue weighted by Crippen LogP contribution is 2.49. The molecule has 1 saturated carbocycles. The lowest BCUT2D eigenvalue weighted by atomic mass is 10.0. The van der Waals surface area contributed by atoms with E-state index in [0.29, 0.717) is 84.1 Å². The first kappa shape index (κ1) is 56.7. The number of piperazine rings is 1. The number of ether oxygens (including phenoxy) is 2. The van der Waals surface area contributed by atoms with E-state index >= 15 is 0 Å². The number of aliphatic hydroxyl groups excluding tert-OH is 1. The van der Waals surface area contributed by atoms with Gasteiger partial charge in [-0.25, -0.2) is 9.97 Å². The molecule has 416 valence electrons. The van der Waals surface area contributed by atoms with Crippen molar-refractivity contribution in [2.24, 2.45) is 5.92 Å². The van der Waals surface area contributed by atoms with Crippen molar-refractivity contribution in [1.82, 2.24) is 49.8 Å². The second-order valence-electron chi connectivity index (χ2n) is 21.3. The molecule has 0 spiro atoms. The lowest BCUT2D eigenvalue weighted by molar-refractivity contribution is -0.120. The number of benzene rings is 2. The Morgan fingerprint density at radius 3 is 2.15 bits per heavy atom. The van der Waals surface area contributed by atoms with Crippen LogP contribution in [0.2, 0.25) is 0 Å². The Kier molecular flexibility index (Phi) is 19.4. The van der Waals surface area contributed by atoms with E-state index in [1.54, 1.807) is 32.8 Å². The predicted molar refractivity (Wildman–Crippen MR) is 312 cm³/mol. The lowest BCUT2D eigenvalue weighted by Gasteiger charge is -2.43. The number of carbonyl (C=O) groups is 3. The highest BCUT2D eigenvalue weighted by Gasteiger charge is 2.32. The third-order valence-electron chi connectivity index (χ3n) is 15.4. The Hall–Kier alpha value is -6.06. The van der Waals surface area contributed by atoms with Gasteiger partial charge in [-0.1, -0.05) is 44.4 Å². The number of likely N-dealkylation sites (tertiary alicyclic amines) is 1. The summed E-state index contributed by atoms with van der Waals surface area (Å²) in [4.78, 5) is 72.1. The molecule has 78 heavy (non-hydrogen) atoms. The van der Waals surface area contributed by atoms with Crippen LogP contribution in [-0.4, -0.2) is 167 Å². The number of nitrogens with zero attached hydrogens (tertiary/aromatic N) is 9. The summed E-state index contributed by atoms with van der Waals surface area (Å²) in [5, 5.41) is 21.7. The molecule has 3 aromatic heterocycles. The third-order valence-corrected chi connectivity index (χ3v) is 18.7. The summed E-state index contributed by atoms with van der Waals surface area (Å²) in [6.45, 7) is 8.34. The van der Waals surface area contributed by atoms with Crippen molar-refractivity contribution >= 4 is 50.5 Å². The molecule has 6 heterocycles. The van der Waals surface area contributed by atoms with E-state index in [0.717, 1.165) is 115 Å². The number of nitrogens with one attached hydrogen (secondary N) is 2. The minimum Gasteiger partial charge on any atom is -0.496 e. The molecule has 5 aromatic rings. The number of methoxy groups -OCH3 is 2. The van der Waals surface area contributed by atoms with Gasteiger partial charge in [0.1, 0.15) is 17.7 Å². The molecule has 2 saturated heterocycles. The Morgan fingerprint density at radius 2 is 1.46 bits per heavy atom. The number of thiol groups is 1. The van der Waals surface area contributed by atoms with Crippen LogP contribution in [0.15, 0.2) is 89.8 Å². The maximum atomic E-state index is 14.1. The quantitative estimate of drug-likeness (QED) is 0.0382. The molecular weight excluding hydrogens is 1020 g/mol. The molecule has 1 aliphatic carbocycles. The predicted octanol–water partition coefficient (Wildman–Crippen LogP) is 8.73. The van der Waals surface area contributed by atoms with Gasteiger partial charge in [-0.2, -0.15) is 10.9 Å². The van der Waals surface area contributed by atoms with Gasteiger partial charge < -0.3 is 35.0 Å². The van der Waals surface area contributed by atoms with Crippen LogP contribution in [0.5, 0.6) is 11.5 Å². The summed E-state index contributed by atoms with van der Waals surface area (Å²) in [5.74, 6) is 2.42. The van der Waals surface area contributed by atoms with E-state index in [-0.39, 0.29) is 17.7 Å². The van der Waals surface area contributed by atoms with Gasteiger partial charge in [-0.05, 0) is 94.9 Å². The minimum absolute atomic E-state index is 0.0205. The SMILES string of the molecule is CCCCC(=O)NC1=C[SH](CN2CCC(N3CCN(C(=O)c4ccc(-c5cncc(-c6cc(NC(=O)CC7CCCC7)cs6)n5)cc4OC)CC3)CC2)C(c2cncc(-c3ccc(C(O)N(C)CCN(C)C)c(OC)c3)n2)=C1. The van der Waals surface area contributed by atoms with Crippen molar-refractivity contribution in [3.05, 3.63) is 107 Å². The molecule has 3 aliphatic heterocycles. The molecule has 9 rings (SSSR count). The average Bonchev–Trinajstić information content (AvgIpc) is 4.29. The zero-order chi connectivity index (χ0) is 54.7. The number of likely N-dealkylation sites (N-methyl/N-ethyl adjacent to an activating group) is 2. The number of aliphatic hydroxyl groups is 1. The Bertz CT molecular complexity index is 2940. The molecule has 2 aromatic carbocycles. The first-order chi connectivity index (χ1) is 37.9. The number of unbranched alkanes of at least 4 members (excludes halogenated alkanes) is 1. The van der Waals surface area contributed by atoms with Crippen molar-refractivity contribution in [1.29, 1.82) is 0 Å². The summed E-state index contributed by atoms with van der Waals surface area (Å²) < 4.78 is 11.6. The number of amides is 3. The molecule has 2 atom stereocenters. The Labute approximate surface area is 466 Å². The van der Waals surface area contributed by atoms with Crippen molar-refractivity contribution in [3.8, 4) is 44.6 Å². The van der Waals surface area contributed by atoms with E-state index in [4.69, 9.17) is 19.4 Å². The fraction of sp³-hybridized carbons (Fsp3) is 0.475. The number of rotatable bonds is 22. The van der Waals surface area contributed by atoms with Gasteiger partial charge in [0, 0.05) is 110 Å². The van der Waals surface area contributed by atoms with Crippen LogP contribution in [-0.2, 0) is 9.59 Å². The summed E-state index contributed by atoms with van der Waals surface area (Å²) >= 11 is 1.52. The van der Waals surface area contributed by atoms with E-state index in [1.165, 1.54) is 24.2 Å². The van der Waals surface area contributed by atoms with Crippen LogP contribution in [0.25, 0.3) is 38.0 Å². The van der Waals surface area contributed by atoms with Crippen molar-refractivity contribution in [2.45, 2.75) is 83.4 Å². The van der Waals surface area contributed by atoms with Gasteiger partial charge >= 0.3 is 0 Å². The van der Waals surface area contributed by atoms with Gasteiger partial charge in [0.05, 0.1) is 77.9 Å². The van der Waals surface area contributed by atoms with Crippen LogP contribution in [0.3, 0.4) is 0 Å². The van der Waals surface area contributed by atoms with Crippen molar-refractivity contribution in [3.63, 3.8) is 0 Å². The average molecular weight is 1100 g/mol. The molecule has 3 N–H and O–H groups in total. The van der Waals surface area contributed by atoms with E-state index < -0.39 is 17.1 Å². The second-order valence-corrected chi connectivity index (χ2v) is 24.1. The number of carbonyl (C=O) groups excluding carboxylic acids is 3. The number of allylic oxidation sites excluding steroid dienone is 1. The molecular formula is C59H77N11O6S2. The second kappa shape index (κ2) is 26.7. The molecule has 2 unspecified atom stereocenters. The minimum atomic E-state index is -0.855. The standard InChI is InChI=1S/C59H77N11O6S2/c1-7-8-13-56(71)63-44-32-55(51-36-61-34-49(65-51)42-14-16-46(52(29-42)75-5)58(73)67(4)23-22-66(2)3)78(38-44)39-68-20-18-45(19-21-68)69-24-26-70(27-25-69)59(74)47-17-15-41(30-53(47)76-6)48-33-60-35-50(64-48)54-31-43(37-77-54)62-57(72)28-40-11-9-10-12-40/h14-17,29-38,40,45,58,73,78H,7-13,18-28,39H2,1-6H3,(H,62,72)(H,63,71). The van der Waals surface area contributed by atoms with Gasteiger partial charge in [0.15, 0.2) is 0 Å². The summed E-state index contributed by atoms with van der Waals surface area (Å²) in [5.41, 5.74) is 7.26. The highest BCUT2D eigenvalue weighted by atomic mass is 32.2. The summed E-state index contributed by atoms with van der Waals surface area (Å²) in [6, 6.07) is 13.7. The van der Waals surface area contributed by atoms with Crippen molar-refractivity contribution in [2.75, 3.05) is 98.9 Å². The first-order valence-electron chi connectivity index (χ1n) is 27.5. The van der Waals surface area contributed by atoms with Crippen molar-refractivity contribution < 1.29 is 29.0 Å². The number of hydrogen-bond acceptors (Lipinski definition) is 15. The van der Waals surface area contributed by atoms with Crippen LogP contribution in [0.1, 0.15) is 99.0 Å². The molecule has 17 nitrogen and oxygen atoms in total. The van der Waals surface area contributed by atoms with E-state index in [9.17, 15) is 19.5 Å². The largest absolute Gasteiger partial charge is 0.496 e. The van der Waals surface area contributed by atoms with Crippen LogP contribution in [0.4, 0.5) is 5.69 Å². The maximum absolute atomic E-state index is 14.1. The first-order valence-corrected chi connectivity index (χ1v) is 30.0. The normalized spacial score (nSPS) is 18.5. The van der Waals surface area contributed by atoms with Crippen LogP contribution < -0.4 is 20.1 Å². The number of hydrogen-bond donors (Lipinski definition) is 4. The fourth-order valence-corrected chi connectivity index (χ4v) is 13.9. The molecule has 3 fully saturated rings. The van der Waals surface area contributed by atoms with Gasteiger partial charge in [0.25, 0.3) is 5.91 Å². The summed E-state index contributed by atoms with van der Waals surface area (Å²) in [6.07, 6.45) is 17.8. The Morgan fingerprint density at radius 1 is 0.795 bits per heavy atom. The molecule has 4 aliphatic rings. The molecule has 0 bridgehead atoms. The third kappa shape index (κ3) is 14.2. The smallest absolute Gasteiger partial charge is 0.257 e. The fourth-order valence-electron chi connectivity index (χ4n) is 10.9. The molecule has 0 radical (unpaired) electrons. The topological polar surface area (TPSA) is 182 Å². The summed E-state index contributed by atoms with van der Waals surface area (Å²) in [7, 11) is 8.28. The zero-order valence-corrected chi connectivity index (χ0v) is 47.8. The zero-order valence-electron chi connectivity index (χ0n) is 46.1. The number of thiophene rings is 1. The molecule has 19 heteroatoms. The van der Waals surface area contributed by atoms with Gasteiger partial charge in [0.2, 0.25) is 11.8 Å². The van der Waals surface area contributed by atoms with E-state index in [1.807, 2.05) is 85.0 Å². The lowest BCUT2D eigenvalue weighted by Crippen LogP contribution is -2.54. The van der Waals surface area contributed by atoms with Gasteiger partial charge in [-0.15, -0.1) is 11.3 Å². The molecule has 3 amide bonds. The number of piperidine rings is 1. The Balaban J connectivity index is 0.796. The highest BCUT2D eigenvalue weighted by molar-refractivity contribution is 8.27. The van der Waals surface area contributed by atoms with Crippen LogP contribution in [0, 0.1) is 5.92 Å². The number of aromatic nitrogens is 4.